The second-order valence-corrected chi connectivity index (χ2v) is 4.93. The van der Waals surface area contributed by atoms with Crippen LogP contribution in [0.3, 0.4) is 0 Å². The summed E-state index contributed by atoms with van der Waals surface area (Å²) in [5.74, 6) is 0. The monoisotopic (exact) mass is 212 g/mol. The molecule has 88 valence electrons. The highest BCUT2D eigenvalue weighted by atomic mass is 16.5. The van der Waals surface area contributed by atoms with Gasteiger partial charge >= 0.3 is 0 Å². The number of ether oxygens (including phenoxy) is 1. The average molecular weight is 212 g/mol. The Labute approximate surface area is 93.2 Å². The van der Waals surface area contributed by atoms with E-state index in [4.69, 9.17) is 4.74 Å². The fraction of sp³-hybridized carbons (Fsp3) is 1.00. The normalized spacial score (nSPS) is 33.8. The molecule has 0 aromatic carbocycles. The van der Waals surface area contributed by atoms with Gasteiger partial charge in [0.1, 0.15) is 0 Å². The van der Waals surface area contributed by atoms with Crippen molar-refractivity contribution < 1.29 is 4.74 Å². The van der Waals surface area contributed by atoms with Crippen molar-refractivity contribution in [3.8, 4) is 0 Å². The molecule has 1 N–H and O–H groups in total. The molecule has 3 nitrogen and oxygen atoms in total. The highest BCUT2D eigenvalue weighted by Gasteiger charge is 2.32. The molecule has 2 unspecified atom stereocenters. The van der Waals surface area contributed by atoms with Gasteiger partial charge in [0.2, 0.25) is 0 Å². The molecule has 1 aliphatic heterocycles. The van der Waals surface area contributed by atoms with E-state index in [1.54, 1.807) is 0 Å². The van der Waals surface area contributed by atoms with E-state index in [0.29, 0.717) is 12.1 Å². The molecule has 2 atom stereocenters. The lowest BCUT2D eigenvalue weighted by Gasteiger charge is -2.40. The van der Waals surface area contributed by atoms with Gasteiger partial charge in [-0.25, -0.2) is 0 Å². The van der Waals surface area contributed by atoms with E-state index in [0.717, 1.165) is 25.7 Å². The molecule has 3 heteroatoms. The third-order valence-corrected chi connectivity index (χ3v) is 4.12. The van der Waals surface area contributed by atoms with Crippen molar-refractivity contribution in [3.63, 3.8) is 0 Å². The van der Waals surface area contributed by atoms with E-state index >= 15 is 0 Å². The smallest absolute Gasteiger partial charge is 0.0637 e. The zero-order valence-electron chi connectivity index (χ0n) is 10.0. The molecule has 0 spiro atoms. The van der Waals surface area contributed by atoms with Gasteiger partial charge in [0.15, 0.2) is 0 Å². The Balaban J connectivity index is 1.93. The molecule has 2 aliphatic rings. The van der Waals surface area contributed by atoms with Gasteiger partial charge in [0.05, 0.1) is 6.61 Å². The van der Waals surface area contributed by atoms with Crippen molar-refractivity contribution in [3.05, 3.63) is 0 Å². The molecule has 1 saturated carbocycles. The summed E-state index contributed by atoms with van der Waals surface area (Å²) >= 11 is 0. The fourth-order valence-electron chi connectivity index (χ4n) is 3.04. The van der Waals surface area contributed by atoms with Crippen LogP contribution in [0, 0.1) is 0 Å². The number of hydrogen-bond donors (Lipinski definition) is 1. The highest BCUT2D eigenvalue weighted by molar-refractivity contribution is 4.89. The van der Waals surface area contributed by atoms with Crippen LogP contribution in [0.25, 0.3) is 0 Å². The molecule has 0 bridgehead atoms. The molecule has 15 heavy (non-hydrogen) atoms. The third kappa shape index (κ3) is 2.52. The minimum atomic E-state index is 0.576. The molecule has 0 aromatic heterocycles. The maximum Gasteiger partial charge on any atom is 0.0637 e. The second-order valence-electron chi connectivity index (χ2n) is 4.93. The number of rotatable bonds is 3. The molecule has 2 fully saturated rings. The van der Waals surface area contributed by atoms with Gasteiger partial charge in [-0.1, -0.05) is 12.8 Å². The Morgan fingerprint density at radius 3 is 2.60 bits per heavy atom. The predicted molar refractivity (Wildman–Crippen MR) is 62.1 cm³/mol. The van der Waals surface area contributed by atoms with Crippen molar-refractivity contribution in [2.75, 3.05) is 27.3 Å². The third-order valence-electron chi connectivity index (χ3n) is 4.12. The van der Waals surface area contributed by atoms with Crippen LogP contribution in [0.15, 0.2) is 0 Å². The molecular weight excluding hydrogens is 188 g/mol. The first kappa shape index (κ1) is 11.4. The van der Waals surface area contributed by atoms with Gasteiger partial charge in [-0.05, 0) is 33.4 Å². The van der Waals surface area contributed by atoms with Crippen molar-refractivity contribution >= 4 is 0 Å². The summed E-state index contributed by atoms with van der Waals surface area (Å²) in [6.07, 6.45) is 6.73. The van der Waals surface area contributed by atoms with Crippen molar-refractivity contribution in [1.82, 2.24) is 10.2 Å². The van der Waals surface area contributed by atoms with E-state index in [-0.39, 0.29) is 0 Å². The van der Waals surface area contributed by atoms with E-state index < -0.39 is 0 Å². The van der Waals surface area contributed by atoms with Crippen molar-refractivity contribution in [2.45, 2.75) is 50.2 Å². The minimum Gasteiger partial charge on any atom is -0.380 e. The van der Waals surface area contributed by atoms with Crippen molar-refractivity contribution in [2.24, 2.45) is 0 Å². The van der Waals surface area contributed by atoms with E-state index in [2.05, 4.69) is 24.3 Å². The molecule has 0 radical (unpaired) electrons. The molecule has 0 amide bonds. The van der Waals surface area contributed by atoms with E-state index in [1.165, 1.54) is 25.7 Å². The second kappa shape index (κ2) is 5.28. The van der Waals surface area contributed by atoms with Crippen LogP contribution in [-0.2, 0) is 4.74 Å². The Morgan fingerprint density at radius 2 is 1.93 bits per heavy atom. The van der Waals surface area contributed by atoms with E-state index in [1.807, 2.05) is 0 Å². The molecule has 2 rings (SSSR count). The summed E-state index contributed by atoms with van der Waals surface area (Å²) < 4.78 is 5.61. The lowest BCUT2D eigenvalue weighted by molar-refractivity contribution is -0.00592. The highest BCUT2D eigenvalue weighted by Crippen LogP contribution is 2.26. The Kier molecular flexibility index (Phi) is 4.00. The average Bonchev–Trinajstić information content (AvgIpc) is 2.81. The maximum atomic E-state index is 5.61. The van der Waals surface area contributed by atoms with Gasteiger partial charge in [0, 0.05) is 24.7 Å². The number of hydrogen-bond acceptors (Lipinski definition) is 3. The van der Waals surface area contributed by atoms with Crippen LogP contribution in [0.1, 0.15) is 32.1 Å². The Morgan fingerprint density at radius 1 is 1.20 bits per heavy atom. The molecular formula is C12H24N2O. The number of nitrogens with one attached hydrogen (secondary N) is 1. The number of likely N-dealkylation sites (N-methyl/N-ethyl adjacent to an activating group) is 2. The summed E-state index contributed by atoms with van der Waals surface area (Å²) in [4.78, 5) is 2.56. The van der Waals surface area contributed by atoms with Gasteiger partial charge in [-0.2, -0.15) is 0 Å². The molecule has 1 aliphatic carbocycles. The van der Waals surface area contributed by atoms with Crippen LogP contribution in [-0.4, -0.2) is 50.3 Å². The quantitative estimate of drug-likeness (QED) is 0.762. The first-order valence-corrected chi connectivity index (χ1v) is 6.30. The van der Waals surface area contributed by atoms with Gasteiger partial charge in [0.25, 0.3) is 0 Å². The minimum absolute atomic E-state index is 0.576. The van der Waals surface area contributed by atoms with Crippen molar-refractivity contribution in [1.29, 1.82) is 0 Å². The van der Waals surface area contributed by atoms with Gasteiger partial charge in [-0.15, -0.1) is 0 Å². The summed E-state index contributed by atoms with van der Waals surface area (Å²) in [5.41, 5.74) is 0. The SMILES string of the molecule is CNC1CCOCC1N(C)C1CCCC1. The summed E-state index contributed by atoms with van der Waals surface area (Å²) in [6, 6.07) is 1.99. The maximum absolute atomic E-state index is 5.61. The first-order valence-electron chi connectivity index (χ1n) is 6.30. The first-order chi connectivity index (χ1) is 7.33. The summed E-state index contributed by atoms with van der Waals surface area (Å²) in [7, 11) is 4.35. The van der Waals surface area contributed by atoms with Crippen LogP contribution in [0.4, 0.5) is 0 Å². The van der Waals surface area contributed by atoms with Crippen LogP contribution < -0.4 is 5.32 Å². The Hall–Kier alpha value is -0.120. The standard InChI is InChI=1S/C12H24N2O/c1-13-11-7-8-15-9-12(11)14(2)10-5-3-4-6-10/h10-13H,3-9H2,1-2H3. The zero-order valence-corrected chi connectivity index (χ0v) is 10.0. The summed E-state index contributed by atoms with van der Waals surface area (Å²) in [6.45, 7) is 1.82. The summed E-state index contributed by atoms with van der Waals surface area (Å²) in [5, 5.41) is 3.44. The number of nitrogens with zero attached hydrogens (tertiary/aromatic N) is 1. The van der Waals surface area contributed by atoms with Crippen LogP contribution >= 0.6 is 0 Å². The van der Waals surface area contributed by atoms with Gasteiger partial charge < -0.3 is 10.1 Å². The molecule has 0 aromatic rings. The lowest BCUT2D eigenvalue weighted by atomic mass is 10.0. The van der Waals surface area contributed by atoms with Gasteiger partial charge in [-0.3, -0.25) is 4.90 Å². The lowest BCUT2D eigenvalue weighted by Crippen LogP contribution is -2.55. The molecule has 1 saturated heterocycles. The van der Waals surface area contributed by atoms with Crippen LogP contribution in [0.2, 0.25) is 0 Å². The Bertz CT molecular complexity index is 192. The molecule has 1 heterocycles. The zero-order chi connectivity index (χ0) is 10.7. The van der Waals surface area contributed by atoms with Crippen LogP contribution in [0.5, 0.6) is 0 Å². The largest absolute Gasteiger partial charge is 0.380 e. The fourth-order valence-corrected chi connectivity index (χ4v) is 3.04. The van der Waals surface area contributed by atoms with E-state index in [9.17, 15) is 0 Å². The topological polar surface area (TPSA) is 24.5 Å². The predicted octanol–water partition coefficient (Wildman–Crippen LogP) is 1.24.